The third-order valence-electron chi connectivity index (χ3n) is 11.8. The molecule has 0 saturated heterocycles. The summed E-state index contributed by atoms with van der Waals surface area (Å²) < 4.78 is 0. The van der Waals surface area contributed by atoms with Gasteiger partial charge in [0, 0.05) is 68.3 Å². The number of para-hydroxylation sites is 4. The van der Waals surface area contributed by atoms with E-state index in [0.717, 1.165) is 93.7 Å². The molecule has 0 atom stereocenters. The molecular weight excluding hydrogens is 777 g/mol. The normalized spacial score (nSPS) is 13.1. The molecule has 0 saturated carbocycles. The van der Waals surface area contributed by atoms with E-state index in [4.69, 9.17) is 0 Å². The van der Waals surface area contributed by atoms with Gasteiger partial charge in [0.2, 0.25) is 0 Å². The van der Waals surface area contributed by atoms with Gasteiger partial charge in [0.15, 0.2) is 0 Å². The van der Waals surface area contributed by atoms with Crippen molar-refractivity contribution in [2.75, 3.05) is 19.6 Å². The Morgan fingerprint density at radius 2 is 0.453 bits per heavy atom. The van der Waals surface area contributed by atoms with Crippen molar-refractivity contribution in [1.82, 2.24) is 0 Å². The van der Waals surface area contributed by atoms with Crippen LogP contribution in [-0.4, -0.2) is 0 Å². The Morgan fingerprint density at radius 1 is 0.219 bits per heavy atom. The van der Waals surface area contributed by atoms with E-state index in [1.54, 1.807) is 0 Å². The van der Waals surface area contributed by atoms with Gasteiger partial charge in [-0.1, -0.05) is 121 Å². The molecule has 2 aliphatic rings. The predicted octanol–water partition coefficient (Wildman–Crippen LogP) is 17.0. The molecule has 2 aliphatic carbocycles. The summed E-state index contributed by atoms with van der Waals surface area (Å²) in [6, 6.07) is 78.2. The van der Waals surface area contributed by atoms with E-state index in [1.165, 1.54) is 11.4 Å². The van der Waals surface area contributed by atoms with E-state index >= 15 is 0 Å². The van der Waals surface area contributed by atoms with Crippen molar-refractivity contribution in [1.29, 1.82) is 0 Å². The molecule has 0 spiro atoms. The number of allylic oxidation sites excluding steroid dienone is 6. The third-order valence-corrected chi connectivity index (χ3v) is 11.8. The van der Waals surface area contributed by atoms with Crippen LogP contribution in [0.1, 0.15) is 25.7 Å². The Morgan fingerprint density at radius 3 is 0.719 bits per heavy atom. The first-order valence-corrected chi connectivity index (χ1v) is 22.3. The van der Waals surface area contributed by atoms with Gasteiger partial charge in [-0.25, -0.2) is 0 Å². The summed E-state index contributed by atoms with van der Waals surface area (Å²) in [5.41, 5.74) is 15.9. The summed E-state index contributed by atoms with van der Waals surface area (Å²) >= 11 is 0. The van der Waals surface area contributed by atoms with E-state index in [9.17, 15) is 0 Å². The Balaban J connectivity index is 0.926. The smallest absolute Gasteiger partial charge is 0.0463 e. The Hall–Kier alpha value is -8.08. The predicted molar refractivity (Wildman–Crippen MR) is 271 cm³/mol. The quantitative estimate of drug-likeness (QED) is 0.115. The van der Waals surface area contributed by atoms with E-state index in [0.29, 0.717) is 0 Å². The number of nitrogens with zero attached hydrogens (tertiary/aromatic N) is 4. The molecule has 0 aromatic heterocycles. The zero-order chi connectivity index (χ0) is 42.9. The van der Waals surface area contributed by atoms with E-state index in [2.05, 4.69) is 274 Å². The minimum atomic E-state index is 1.04. The Kier molecular flexibility index (Phi) is 11.8. The van der Waals surface area contributed by atoms with Crippen LogP contribution < -0.4 is 19.6 Å². The largest absolute Gasteiger partial charge is 0.311 e. The molecule has 4 nitrogen and oxygen atoms in total. The van der Waals surface area contributed by atoms with E-state index in [1.807, 2.05) is 0 Å². The van der Waals surface area contributed by atoms with Crippen LogP contribution in [-0.2, 0) is 0 Å². The molecule has 0 N–H and O–H groups in total. The molecule has 4 heteroatoms. The maximum absolute atomic E-state index is 2.34. The number of hydrogen-bond acceptors (Lipinski definition) is 4. The zero-order valence-electron chi connectivity index (χ0n) is 35.9. The van der Waals surface area contributed by atoms with Crippen molar-refractivity contribution in [2.24, 2.45) is 0 Å². The summed E-state index contributed by atoms with van der Waals surface area (Å²) in [4.78, 5) is 9.34. The highest BCUT2D eigenvalue weighted by molar-refractivity contribution is 5.83. The van der Waals surface area contributed by atoms with Crippen molar-refractivity contribution in [3.8, 4) is 11.1 Å². The van der Waals surface area contributed by atoms with Crippen LogP contribution in [0.4, 0.5) is 56.9 Å². The summed E-state index contributed by atoms with van der Waals surface area (Å²) in [6.45, 7) is 0. The standard InChI is InChI=1S/C60H50N4/c1-7-19-49(20-8-1)61(50-21-9-2-10-22-50)57-39-43-59(44-40-57)63(53-27-15-5-16-28-53)55-35-31-47(32-36-55)48-33-37-56(38-34-48)64(54-29-17-6-18-30-54)60-45-41-58(42-46-60)62(51-23-11-3-12-24-51)52-25-13-4-14-26-52/h1,3,5-9,11-13,15-46H,2,4,10,14H2. The van der Waals surface area contributed by atoms with E-state index in [-0.39, 0.29) is 0 Å². The Labute approximate surface area is 377 Å². The van der Waals surface area contributed by atoms with Gasteiger partial charge in [0.25, 0.3) is 0 Å². The number of anilines is 10. The zero-order valence-corrected chi connectivity index (χ0v) is 35.9. The van der Waals surface area contributed by atoms with Crippen LogP contribution in [0.2, 0.25) is 0 Å². The molecule has 0 radical (unpaired) electrons. The maximum Gasteiger partial charge on any atom is 0.0463 e. The molecule has 8 aromatic rings. The van der Waals surface area contributed by atoms with Gasteiger partial charge in [0.1, 0.15) is 0 Å². The van der Waals surface area contributed by atoms with Gasteiger partial charge in [-0.05, 0) is 170 Å². The average molecular weight is 827 g/mol. The van der Waals surface area contributed by atoms with Gasteiger partial charge in [0.05, 0.1) is 0 Å². The monoisotopic (exact) mass is 826 g/mol. The minimum Gasteiger partial charge on any atom is -0.311 e. The van der Waals surface area contributed by atoms with Crippen molar-refractivity contribution in [2.45, 2.75) is 25.7 Å². The Bertz CT molecular complexity index is 2680. The van der Waals surface area contributed by atoms with Gasteiger partial charge in [-0.2, -0.15) is 0 Å². The first kappa shape index (κ1) is 40.0. The molecule has 0 bridgehead atoms. The lowest BCUT2D eigenvalue weighted by Crippen LogP contribution is -2.16. The molecule has 310 valence electrons. The van der Waals surface area contributed by atoms with E-state index < -0.39 is 0 Å². The lowest BCUT2D eigenvalue weighted by molar-refractivity contribution is 0.997. The van der Waals surface area contributed by atoms with Crippen LogP contribution in [0.5, 0.6) is 0 Å². The number of hydrogen-bond donors (Lipinski definition) is 0. The van der Waals surface area contributed by atoms with Crippen molar-refractivity contribution in [3.63, 3.8) is 0 Å². The SMILES string of the molecule is C1=CC(N(c2ccccc2)c2ccc(N(c3ccccc3)c3ccc(-c4ccc(N(c5ccccc5)c5ccc(N(C6=CCCC=C6)c6ccccc6)cc5)cc4)cc3)cc2)=CCC1. The summed E-state index contributed by atoms with van der Waals surface area (Å²) in [5, 5.41) is 0. The average Bonchev–Trinajstić information content (AvgIpc) is 3.38. The molecule has 0 amide bonds. The highest BCUT2D eigenvalue weighted by atomic mass is 15.2. The van der Waals surface area contributed by atoms with Crippen LogP contribution in [0.15, 0.2) is 266 Å². The van der Waals surface area contributed by atoms with Crippen LogP contribution in [0, 0.1) is 0 Å². The fraction of sp³-hybridized carbons (Fsp3) is 0.0667. The maximum atomic E-state index is 2.34. The van der Waals surface area contributed by atoms with Crippen LogP contribution in [0.3, 0.4) is 0 Å². The lowest BCUT2D eigenvalue weighted by atomic mass is 10.0. The molecule has 8 aromatic carbocycles. The van der Waals surface area contributed by atoms with Gasteiger partial charge in [-0.15, -0.1) is 0 Å². The van der Waals surface area contributed by atoms with Crippen molar-refractivity contribution < 1.29 is 0 Å². The van der Waals surface area contributed by atoms with Crippen LogP contribution in [0.25, 0.3) is 11.1 Å². The second-order valence-electron chi connectivity index (χ2n) is 16.0. The highest BCUT2D eigenvalue weighted by Crippen LogP contribution is 2.41. The molecule has 0 heterocycles. The van der Waals surface area contributed by atoms with Gasteiger partial charge < -0.3 is 19.6 Å². The van der Waals surface area contributed by atoms with Crippen molar-refractivity contribution >= 4 is 56.9 Å². The lowest BCUT2D eigenvalue weighted by Gasteiger charge is -2.29. The summed E-state index contributed by atoms with van der Waals surface area (Å²) in [7, 11) is 0. The molecule has 0 unspecified atom stereocenters. The summed E-state index contributed by atoms with van der Waals surface area (Å²) in [5.74, 6) is 0. The number of benzene rings is 8. The highest BCUT2D eigenvalue weighted by Gasteiger charge is 2.19. The first-order valence-electron chi connectivity index (χ1n) is 22.3. The summed E-state index contributed by atoms with van der Waals surface area (Å²) in [6.07, 6.45) is 17.9. The van der Waals surface area contributed by atoms with Crippen molar-refractivity contribution in [3.05, 3.63) is 266 Å². The fourth-order valence-electron chi connectivity index (χ4n) is 8.74. The second-order valence-corrected chi connectivity index (χ2v) is 16.0. The third kappa shape index (κ3) is 8.68. The molecular formula is C60H50N4. The fourth-order valence-corrected chi connectivity index (χ4v) is 8.74. The van der Waals surface area contributed by atoms with Gasteiger partial charge in [-0.3, -0.25) is 0 Å². The number of rotatable bonds is 13. The second kappa shape index (κ2) is 18.9. The molecule has 0 fully saturated rings. The molecule has 64 heavy (non-hydrogen) atoms. The first-order chi connectivity index (χ1) is 31.8. The minimum absolute atomic E-state index is 1.04. The topological polar surface area (TPSA) is 13.0 Å². The van der Waals surface area contributed by atoms with Gasteiger partial charge >= 0.3 is 0 Å². The molecule has 0 aliphatic heterocycles. The van der Waals surface area contributed by atoms with Crippen LogP contribution >= 0.6 is 0 Å². The molecule has 10 rings (SSSR count).